The summed E-state index contributed by atoms with van der Waals surface area (Å²) in [5.74, 6) is -0.440. The van der Waals surface area contributed by atoms with Gasteiger partial charge in [0.1, 0.15) is 5.75 Å². The van der Waals surface area contributed by atoms with E-state index in [0.29, 0.717) is 5.56 Å². The highest BCUT2D eigenvalue weighted by molar-refractivity contribution is 5.96. The summed E-state index contributed by atoms with van der Waals surface area (Å²) in [6, 6.07) is 8.95. The molecule has 2 rings (SSSR count). The van der Waals surface area contributed by atoms with Gasteiger partial charge in [-0.25, -0.2) is 0 Å². The number of carbonyl (C=O) groups excluding carboxylic acids is 1. The normalized spacial score (nSPS) is 11.8. The molecule has 2 aromatic rings. The number of carboxylic acid groups (broad SMARTS) is 1. The summed E-state index contributed by atoms with van der Waals surface area (Å²) in [4.78, 5) is 23.1. The first-order chi connectivity index (χ1) is 11.3. The predicted molar refractivity (Wildman–Crippen MR) is 91.0 cm³/mol. The summed E-state index contributed by atoms with van der Waals surface area (Å²) in [6.07, 6.45) is -0.108. The predicted octanol–water partition coefficient (Wildman–Crippen LogP) is 2.70. The van der Waals surface area contributed by atoms with E-state index in [0.717, 1.165) is 22.8 Å². The fraction of sp³-hybridized carbons (Fsp3) is 0.333. The zero-order valence-electron chi connectivity index (χ0n) is 14.3. The SMILES string of the molecule is COc1ccc(-n2c(C)cc(C(=O)NC(C)CC(=O)O)c2C)cc1. The third-order valence-electron chi connectivity index (χ3n) is 3.86. The highest BCUT2D eigenvalue weighted by Gasteiger charge is 2.19. The van der Waals surface area contributed by atoms with E-state index in [-0.39, 0.29) is 12.3 Å². The average Bonchev–Trinajstić information content (AvgIpc) is 2.81. The quantitative estimate of drug-likeness (QED) is 0.853. The van der Waals surface area contributed by atoms with Crippen LogP contribution >= 0.6 is 0 Å². The van der Waals surface area contributed by atoms with E-state index in [1.165, 1.54) is 0 Å². The molecule has 6 heteroatoms. The molecule has 128 valence electrons. The van der Waals surface area contributed by atoms with Crippen molar-refractivity contribution in [2.75, 3.05) is 7.11 Å². The van der Waals surface area contributed by atoms with Crippen LogP contribution in [0.4, 0.5) is 0 Å². The fourth-order valence-electron chi connectivity index (χ4n) is 2.74. The Labute approximate surface area is 141 Å². The van der Waals surface area contributed by atoms with Gasteiger partial charge in [-0.15, -0.1) is 0 Å². The monoisotopic (exact) mass is 330 g/mol. The standard InChI is InChI=1S/C18H22N2O4/c1-11(9-17(21)22)19-18(23)16-10-12(2)20(13(16)3)14-5-7-15(24-4)8-6-14/h5-8,10-11H,9H2,1-4H3,(H,19,23)(H,21,22). The Kier molecular flexibility index (Phi) is 5.28. The smallest absolute Gasteiger partial charge is 0.305 e. The first-order valence-electron chi connectivity index (χ1n) is 7.69. The van der Waals surface area contributed by atoms with Gasteiger partial charge in [-0.3, -0.25) is 9.59 Å². The fourth-order valence-corrected chi connectivity index (χ4v) is 2.74. The van der Waals surface area contributed by atoms with Gasteiger partial charge in [0, 0.05) is 23.1 Å². The molecule has 0 saturated heterocycles. The number of aryl methyl sites for hydroxylation is 1. The number of amides is 1. The minimum absolute atomic E-state index is 0.108. The van der Waals surface area contributed by atoms with Crippen molar-refractivity contribution in [3.8, 4) is 11.4 Å². The van der Waals surface area contributed by atoms with Gasteiger partial charge in [0.15, 0.2) is 0 Å². The van der Waals surface area contributed by atoms with Gasteiger partial charge < -0.3 is 19.7 Å². The van der Waals surface area contributed by atoms with Crippen molar-refractivity contribution >= 4 is 11.9 Å². The lowest BCUT2D eigenvalue weighted by atomic mass is 10.2. The Balaban J connectivity index is 2.27. The number of benzene rings is 1. The molecule has 0 bridgehead atoms. The highest BCUT2D eigenvalue weighted by Crippen LogP contribution is 2.22. The first-order valence-corrected chi connectivity index (χ1v) is 7.69. The number of aromatic nitrogens is 1. The molecule has 0 aliphatic rings. The summed E-state index contributed by atoms with van der Waals surface area (Å²) in [7, 11) is 1.61. The molecule has 1 atom stereocenters. The molecular weight excluding hydrogens is 308 g/mol. The number of hydrogen-bond acceptors (Lipinski definition) is 3. The van der Waals surface area contributed by atoms with E-state index in [9.17, 15) is 9.59 Å². The molecule has 0 fully saturated rings. The molecule has 0 radical (unpaired) electrons. The summed E-state index contributed by atoms with van der Waals surface area (Å²) >= 11 is 0. The second-order valence-electron chi connectivity index (χ2n) is 5.79. The molecule has 2 N–H and O–H groups in total. The van der Waals surface area contributed by atoms with Gasteiger partial charge in [-0.05, 0) is 51.1 Å². The molecule has 0 spiro atoms. The van der Waals surface area contributed by atoms with Gasteiger partial charge in [0.05, 0.1) is 19.1 Å². The molecule has 0 aliphatic heterocycles. The second-order valence-corrected chi connectivity index (χ2v) is 5.79. The van der Waals surface area contributed by atoms with Crippen molar-refractivity contribution in [1.29, 1.82) is 0 Å². The number of carboxylic acids is 1. The van der Waals surface area contributed by atoms with Crippen molar-refractivity contribution in [3.63, 3.8) is 0 Å². The van der Waals surface area contributed by atoms with Gasteiger partial charge in [0.25, 0.3) is 5.91 Å². The van der Waals surface area contributed by atoms with Crippen LogP contribution in [-0.4, -0.2) is 34.7 Å². The summed E-state index contributed by atoms with van der Waals surface area (Å²) < 4.78 is 7.15. The van der Waals surface area contributed by atoms with E-state index in [4.69, 9.17) is 9.84 Å². The summed E-state index contributed by atoms with van der Waals surface area (Å²) in [6.45, 7) is 5.47. The molecule has 1 unspecified atom stereocenters. The zero-order valence-corrected chi connectivity index (χ0v) is 14.3. The molecule has 1 aromatic heterocycles. The Bertz CT molecular complexity index is 747. The van der Waals surface area contributed by atoms with Crippen molar-refractivity contribution in [3.05, 3.63) is 47.3 Å². The van der Waals surface area contributed by atoms with Crippen LogP contribution in [0.3, 0.4) is 0 Å². The van der Waals surface area contributed by atoms with E-state index in [1.807, 2.05) is 48.7 Å². The lowest BCUT2D eigenvalue weighted by molar-refractivity contribution is -0.137. The van der Waals surface area contributed by atoms with Crippen LogP contribution in [0, 0.1) is 13.8 Å². The maximum absolute atomic E-state index is 12.4. The van der Waals surface area contributed by atoms with Gasteiger partial charge in [-0.2, -0.15) is 0 Å². The molecule has 6 nitrogen and oxygen atoms in total. The van der Waals surface area contributed by atoms with Crippen LogP contribution in [0.5, 0.6) is 5.75 Å². The summed E-state index contributed by atoms with van der Waals surface area (Å²) in [5.41, 5.74) is 3.20. The number of nitrogens with one attached hydrogen (secondary N) is 1. The molecule has 1 aromatic carbocycles. The van der Waals surface area contributed by atoms with Crippen LogP contribution < -0.4 is 10.1 Å². The van der Waals surface area contributed by atoms with Crippen LogP contribution in [0.1, 0.15) is 35.1 Å². The molecule has 1 amide bonds. The van der Waals surface area contributed by atoms with Gasteiger partial charge in [-0.1, -0.05) is 0 Å². The Hall–Kier alpha value is -2.76. The van der Waals surface area contributed by atoms with Crippen LogP contribution in [0.2, 0.25) is 0 Å². The maximum Gasteiger partial charge on any atom is 0.305 e. The number of nitrogens with zero attached hydrogens (tertiary/aromatic N) is 1. The Morgan fingerprint density at radius 2 is 1.88 bits per heavy atom. The molecule has 24 heavy (non-hydrogen) atoms. The van der Waals surface area contributed by atoms with E-state index < -0.39 is 12.0 Å². The third-order valence-corrected chi connectivity index (χ3v) is 3.86. The van der Waals surface area contributed by atoms with Crippen LogP contribution in [0.25, 0.3) is 5.69 Å². The van der Waals surface area contributed by atoms with Crippen molar-refractivity contribution in [2.45, 2.75) is 33.2 Å². The number of ether oxygens (including phenoxy) is 1. The number of rotatable bonds is 6. The lowest BCUT2D eigenvalue weighted by Crippen LogP contribution is -2.34. The first kappa shape index (κ1) is 17.6. The van der Waals surface area contributed by atoms with E-state index >= 15 is 0 Å². The Morgan fingerprint density at radius 3 is 2.42 bits per heavy atom. The maximum atomic E-state index is 12.4. The minimum Gasteiger partial charge on any atom is -0.497 e. The third kappa shape index (κ3) is 3.76. The van der Waals surface area contributed by atoms with Crippen molar-refractivity contribution in [1.82, 2.24) is 9.88 Å². The molecule has 1 heterocycles. The molecular formula is C18H22N2O4. The number of hydrogen-bond donors (Lipinski definition) is 2. The van der Waals surface area contributed by atoms with Crippen molar-refractivity contribution in [2.24, 2.45) is 0 Å². The van der Waals surface area contributed by atoms with Crippen molar-refractivity contribution < 1.29 is 19.4 Å². The lowest BCUT2D eigenvalue weighted by Gasteiger charge is -2.13. The largest absolute Gasteiger partial charge is 0.497 e. The van der Waals surface area contributed by atoms with E-state index in [1.54, 1.807) is 14.0 Å². The highest BCUT2D eigenvalue weighted by atomic mass is 16.5. The second kappa shape index (κ2) is 7.21. The Morgan fingerprint density at radius 1 is 1.25 bits per heavy atom. The van der Waals surface area contributed by atoms with Crippen LogP contribution in [0.15, 0.2) is 30.3 Å². The summed E-state index contributed by atoms with van der Waals surface area (Å²) in [5, 5.41) is 11.5. The average molecular weight is 330 g/mol. The van der Waals surface area contributed by atoms with E-state index in [2.05, 4.69) is 5.32 Å². The minimum atomic E-state index is -0.938. The molecule has 0 aliphatic carbocycles. The topological polar surface area (TPSA) is 80.6 Å². The van der Waals surface area contributed by atoms with Gasteiger partial charge in [0.2, 0.25) is 0 Å². The van der Waals surface area contributed by atoms with Crippen LogP contribution in [-0.2, 0) is 4.79 Å². The zero-order chi connectivity index (χ0) is 17.9. The molecule has 0 saturated carbocycles. The number of aliphatic carboxylic acids is 1. The number of carbonyl (C=O) groups is 2. The number of methoxy groups -OCH3 is 1. The van der Waals surface area contributed by atoms with Gasteiger partial charge >= 0.3 is 5.97 Å².